The number of hydrogen-bond donors (Lipinski definition) is 2. The zero-order valence-corrected chi connectivity index (χ0v) is 19.8. The molecule has 0 fully saturated rings. The van der Waals surface area contributed by atoms with Gasteiger partial charge >= 0.3 is 12.2 Å². The van der Waals surface area contributed by atoms with E-state index in [1.165, 1.54) is 12.1 Å². The zero-order valence-electron chi connectivity index (χ0n) is 19.8. The minimum atomic E-state index is -4.40. The van der Waals surface area contributed by atoms with E-state index < -0.39 is 17.8 Å². The van der Waals surface area contributed by atoms with Crippen LogP contribution in [0.2, 0.25) is 0 Å². The van der Waals surface area contributed by atoms with Crippen molar-refractivity contribution in [3.63, 3.8) is 0 Å². The quantitative estimate of drug-likeness (QED) is 0.269. The van der Waals surface area contributed by atoms with Crippen molar-refractivity contribution in [2.24, 2.45) is 0 Å². The van der Waals surface area contributed by atoms with E-state index >= 15 is 0 Å². The Kier molecular flexibility index (Phi) is 7.78. The highest BCUT2D eigenvalue weighted by Crippen LogP contribution is 2.32. The lowest BCUT2D eigenvalue weighted by atomic mass is 10.00. The maximum Gasteiger partial charge on any atom is 0.416 e. The summed E-state index contributed by atoms with van der Waals surface area (Å²) in [6.45, 7) is 2.25. The number of carbonyl (C=O) groups is 1. The van der Waals surface area contributed by atoms with Crippen molar-refractivity contribution in [3.05, 3.63) is 114 Å². The minimum Gasteiger partial charge on any atom is -0.486 e. The molecular formula is C29H27F3N2O2. The summed E-state index contributed by atoms with van der Waals surface area (Å²) in [4.78, 5) is 12.6. The Labute approximate surface area is 208 Å². The average molecular weight is 493 g/mol. The lowest BCUT2D eigenvalue weighted by molar-refractivity contribution is -0.137. The topological polar surface area (TPSA) is 50.4 Å². The number of hydrogen-bond acceptors (Lipinski definition) is 2. The fraction of sp³-hybridized carbons (Fsp3) is 0.207. The molecule has 2 N–H and O–H groups in total. The highest BCUT2D eigenvalue weighted by Gasteiger charge is 2.30. The van der Waals surface area contributed by atoms with E-state index in [-0.39, 0.29) is 12.1 Å². The molecule has 0 radical (unpaired) electrons. The molecule has 7 heteroatoms. The summed E-state index contributed by atoms with van der Waals surface area (Å²) in [5.41, 5.74) is 1.16. The predicted octanol–water partition coefficient (Wildman–Crippen LogP) is 7.43. The number of ether oxygens (including phenoxy) is 1. The maximum atomic E-state index is 12.9. The first-order chi connectivity index (χ1) is 17.3. The monoisotopic (exact) mass is 492 g/mol. The molecular weight excluding hydrogens is 465 g/mol. The second-order valence-electron chi connectivity index (χ2n) is 8.52. The number of urea groups is 1. The van der Waals surface area contributed by atoms with Crippen molar-refractivity contribution < 1.29 is 22.7 Å². The van der Waals surface area contributed by atoms with E-state index in [0.29, 0.717) is 18.7 Å². The van der Waals surface area contributed by atoms with Gasteiger partial charge in [-0.25, -0.2) is 4.79 Å². The summed E-state index contributed by atoms with van der Waals surface area (Å²) >= 11 is 0. The molecule has 0 aliphatic carbocycles. The van der Waals surface area contributed by atoms with Gasteiger partial charge in [0.05, 0.1) is 11.6 Å². The normalized spacial score (nSPS) is 13.1. The van der Waals surface area contributed by atoms with Crippen LogP contribution in [0.1, 0.15) is 42.2 Å². The first kappa shape index (κ1) is 25.1. The summed E-state index contributed by atoms with van der Waals surface area (Å²) in [5.74, 6) is 0.325. The number of nitrogens with one attached hydrogen (secondary N) is 2. The van der Waals surface area contributed by atoms with Gasteiger partial charge in [0.15, 0.2) is 0 Å². The van der Waals surface area contributed by atoms with Crippen molar-refractivity contribution in [3.8, 4) is 5.75 Å². The number of halogens is 3. The van der Waals surface area contributed by atoms with Crippen molar-refractivity contribution in [1.29, 1.82) is 0 Å². The van der Waals surface area contributed by atoms with Crippen LogP contribution in [0.5, 0.6) is 5.75 Å². The Morgan fingerprint density at radius 1 is 0.861 bits per heavy atom. The Morgan fingerprint density at radius 3 is 2.25 bits per heavy atom. The number of benzene rings is 4. The fourth-order valence-corrected chi connectivity index (χ4v) is 4.12. The zero-order chi connectivity index (χ0) is 25.5. The predicted molar refractivity (Wildman–Crippen MR) is 135 cm³/mol. The van der Waals surface area contributed by atoms with Crippen molar-refractivity contribution in [1.82, 2.24) is 10.6 Å². The number of alkyl halides is 3. The third-order valence-electron chi connectivity index (χ3n) is 5.96. The molecule has 4 nitrogen and oxygen atoms in total. The standard InChI is InChI=1S/C29H27F3N2O2/c1-20(25-13-7-11-21-8-5-6-12-26(21)25)34-28(35)33-19-18-27(22-9-3-2-4-10-22)36-24-16-14-23(15-17-24)29(30,31)32/h2-17,20,27H,18-19H2,1H3,(H2,33,34,35)/t20-,27-/m1/s1. The molecule has 0 unspecified atom stereocenters. The van der Waals surface area contributed by atoms with Gasteiger partial charge in [0, 0.05) is 13.0 Å². The van der Waals surface area contributed by atoms with Crippen LogP contribution in [0.15, 0.2) is 97.1 Å². The van der Waals surface area contributed by atoms with Gasteiger partial charge in [-0.1, -0.05) is 72.8 Å². The molecule has 0 heterocycles. The number of carbonyl (C=O) groups excluding carboxylic acids is 1. The lowest BCUT2D eigenvalue weighted by Crippen LogP contribution is -2.38. The number of amides is 2. The molecule has 0 aromatic heterocycles. The van der Waals surface area contributed by atoms with Crippen LogP contribution in [0, 0.1) is 0 Å². The molecule has 0 aliphatic heterocycles. The molecule has 0 aliphatic rings. The van der Waals surface area contributed by atoms with E-state index in [4.69, 9.17) is 4.74 Å². The molecule has 4 rings (SSSR count). The van der Waals surface area contributed by atoms with E-state index in [1.807, 2.05) is 79.7 Å². The molecule has 2 atom stereocenters. The van der Waals surface area contributed by atoms with Crippen LogP contribution < -0.4 is 15.4 Å². The van der Waals surface area contributed by atoms with E-state index in [9.17, 15) is 18.0 Å². The Hall–Kier alpha value is -4.00. The second kappa shape index (κ2) is 11.2. The summed E-state index contributed by atoms with van der Waals surface area (Å²) < 4.78 is 44.6. The molecule has 4 aromatic rings. The van der Waals surface area contributed by atoms with Gasteiger partial charge in [-0.3, -0.25) is 0 Å². The molecule has 186 valence electrons. The summed E-state index contributed by atoms with van der Waals surface area (Å²) in [7, 11) is 0. The van der Waals surface area contributed by atoms with Crippen molar-refractivity contribution in [2.45, 2.75) is 31.7 Å². The Morgan fingerprint density at radius 2 is 1.53 bits per heavy atom. The van der Waals surface area contributed by atoms with Gasteiger partial charge in [0.25, 0.3) is 0 Å². The van der Waals surface area contributed by atoms with Gasteiger partial charge in [0.1, 0.15) is 11.9 Å². The minimum absolute atomic E-state index is 0.204. The molecule has 0 bridgehead atoms. The number of rotatable bonds is 8. The smallest absolute Gasteiger partial charge is 0.416 e. The lowest BCUT2D eigenvalue weighted by Gasteiger charge is -2.21. The van der Waals surface area contributed by atoms with Gasteiger partial charge in [-0.05, 0) is 53.1 Å². The Bertz CT molecular complexity index is 1290. The van der Waals surface area contributed by atoms with Crippen LogP contribution in [-0.2, 0) is 6.18 Å². The molecule has 4 aromatic carbocycles. The molecule has 2 amide bonds. The van der Waals surface area contributed by atoms with E-state index in [1.54, 1.807) is 0 Å². The SMILES string of the molecule is C[C@@H](NC(=O)NCC[C@@H](Oc1ccc(C(F)(F)F)cc1)c1ccccc1)c1cccc2ccccc12. The van der Waals surface area contributed by atoms with Crippen molar-refractivity contribution >= 4 is 16.8 Å². The van der Waals surface area contributed by atoms with Crippen LogP contribution in [0.4, 0.5) is 18.0 Å². The molecule has 0 spiro atoms. The van der Waals surface area contributed by atoms with Crippen LogP contribution in [0.3, 0.4) is 0 Å². The summed E-state index contributed by atoms with van der Waals surface area (Å²) in [6, 6.07) is 27.5. The first-order valence-electron chi connectivity index (χ1n) is 11.7. The van der Waals surface area contributed by atoms with Crippen LogP contribution in [0.25, 0.3) is 10.8 Å². The van der Waals surface area contributed by atoms with E-state index in [2.05, 4.69) is 10.6 Å². The van der Waals surface area contributed by atoms with Gasteiger partial charge < -0.3 is 15.4 Å². The van der Waals surface area contributed by atoms with Crippen LogP contribution in [-0.4, -0.2) is 12.6 Å². The van der Waals surface area contributed by atoms with E-state index in [0.717, 1.165) is 34.0 Å². The fourth-order valence-electron chi connectivity index (χ4n) is 4.12. The first-order valence-corrected chi connectivity index (χ1v) is 11.7. The highest BCUT2D eigenvalue weighted by atomic mass is 19.4. The van der Waals surface area contributed by atoms with Gasteiger partial charge in [0.2, 0.25) is 0 Å². The van der Waals surface area contributed by atoms with Gasteiger partial charge in [-0.2, -0.15) is 13.2 Å². The van der Waals surface area contributed by atoms with Gasteiger partial charge in [-0.15, -0.1) is 0 Å². The highest BCUT2D eigenvalue weighted by molar-refractivity contribution is 5.86. The maximum absolute atomic E-state index is 12.9. The third-order valence-corrected chi connectivity index (χ3v) is 5.96. The largest absolute Gasteiger partial charge is 0.486 e. The molecule has 0 saturated carbocycles. The van der Waals surface area contributed by atoms with Crippen molar-refractivity contribution in [2.75, 3.05) is 6.54 Å². The summed E-state index contributed by atoms with van der Waals surface area (Å²) in [5, 5.41) is 8.03. The molecule has 36 heavy (non-hydrogen) atoms. The second-order valence-corrected chi connectivity index (χ2v) is 8.52. The third kappa shape index (κ3) is 6.36. The number of fused-ring (bicyclic) bond motifs is 1. The molecule has 0 saturated heterocycles. The average Bonchev–Trinajstić information content (AvgIpc) is 2.88. The van der Waals surface area contributed by atoms with Crippen LogP contribution >= 0.6 is 0 Å². The summed E-state index contributed by atoms with van der Waals surface area (Å²) in [6.07, 6.45) is -4.42. The Balaban J connectivity index is 1.37.